The molecule has 3 amide bonds. The number of halogens is 1. The third-order valence-corrected chi connectivity index (χ3v) is 5.32. The molecule has 0 unspecified atom stereocenters. The van der Waals surface area contributed by atoms with Gasteiger partial charge in [0.05, 0.1) is 19.6 Å². The predicted molar refractivity (Wildman–Crippen MR) is 122 cm³/mol. The first-order valence-electron chi connectivity index (χ1n) is 10.6. The maximum Gasteiger partial charge on any atom is 0.329 e. The van der Waals surface area contributed by atoms with Crippen molar-refractivity contribution in [2.24, 2.45) is 0 Å². The highest BCUT2D eigenvalue weighted by Gasteiger charge is 2.34. The van der Waals surface area contributed by atoms with Crippen LogP contribution in [0.25, 0.3) is 6.08 Å². The number of nitrogens with one attached hydrogen (secondary N) is 1. The van der Waals surface area contributed by atoms with E-state index in [1.165, 1.54) is 43.5 Å². The number of ether oxygens (including phenoxy) is 2. The number of para-hydroxylation sites is 1. The zero-order valence-corrected chi connectivity index (χ0v) is 18.6. The van der Waals surface area contributed by atoms with Gasteiger partial charge in [0.1, 0.15) is 18.1 Å². The lowest BCUT2D eigenvalue weighted by Crippen LogP contribution is -2.30. The maximum absolute atomic E-state index is 14.0. The summed E-state index contributed by atoms with van der Waals surface area (Å²) in [5, 5.41) is 13.6. The molecule has 0 radical (unpaired) electrons. The molecule has 178 valence electrons. The highest BCUT2D eigenvalue weighted by molar-refractivity contribution is 6.14. The monoisotopic (exact) mass is 475 g/mol. The number of carboxylic acid groups (broad SMARTS) is 1. The van der Waals surface area contributed by atoms with Crippen molar-refractivity contribution in [1.82, 2.24) is 10.2 Å². The minimum atomic E-state index is -1.30. The van der Waals surface area contributed by atoms with Crippen molar-refractivity contribution in [2.75, 3.05) is 7.11 Å². The van der Waals surface area contributed by atoms with Gasteiger partial charge in [-0.25, -0.2) is 9.18 Å². The minimum Gasteiger partial charge on any atom is -0.545 e. The van der Waals surface area contributed by atoms with Crippen molar-refractivity contribution in [3.8, 4) is 11.5 Å². The number of aromatic carboxylic acids is 1. The van der Waals surface area contributed by atoms with Crippen LogP contribution in [-0.4, -0.2) is 29.9 Å². The molecule has 0 bridgehead atoms. The summed E-state index contributed by atoms with van der Waals surface area (Å²) >= 11 is 0. The molecular weight excluding hydrogens is 455 g/mol. The smallest absolute Gasteiger partial charge is 0.329 e. The second-order valence-electron chi connectivity index (χ2n) is 7.63. The molecule has 0 spiro atoms. The Morgan fingerprint density at radius 3 is 2.60 bits per heavy atom. The molecule has 1 saturated heterocycles. The largest absolute Gasteiger partial charge is 0.545 e. The van der Waals surface area contributed by atoms with Crippen LogP contribution >= 0.6 is 0 Å². The summed E-state index contributed by atoms with van der Waals surface area (Å²) in [7, 11) is 1.45. The molecule has 8 nitrogen and oxygen atoms in total. The van der Waals surface area contributed by atoms with Gasteiger partial charge in [-0.05, 0) is 35.4 Å². The van der Waals surface area contributed by atoms with Crippen LogP contribution in [0.4, 0.5) is 9.18 Å². The lowest BCUT2D eigenvalue weighted by Gasteiger charge is -2.14. The Labute approximate surface area is 200 Å². The van der Waals surface area contributed by atoms with Crippen molar-refractivity contribution in [3.05, 3.63) is 100 Å². The van der Waals surface area contributed by atoms with Gasteiger partial charge in [-0.2, -0.15) is 0 Å². The normalized spacial score (nSPS) is 14.2. The average molecular weight is 475 g/mol. The summed E-state index contributed by atoms with van der Waals surface area (Å²) in [5.41, 5.74) is 1.24. The molecule has 1 aliphatic heterocycles. The van der Waals surface area contributed by atoms with Crippen molar-refractivity contribution < 1.29 is 33.4 Å². The molecule has 3 aromatic rings. The number of rotatable bonds is 8. The topological polar surface area (TPSA) is 108 Å². The SMILES string of the molecule is COc1cccc(/C=C2/NC(=O)N(Cc3ccccc3F)C2=O)c1OCc1cccc(C(=O)[O-])c1. The van der Waals surface area contributed by atoms with E-state index in [1.54, 1.807) is 36.4 Å². The number of imide groups is 1. The lowest BCUT2D eigenvalue weighted by molar-refractivity contribution is -0.255. The Morgan fingerprint density at radius 1 is 1.09 bits per heavy atom. The highest BCUT2D eigenvalue weighted by Crippen LogP contribution is 2.34. The van der Waals surface area contributed by atoms with E-state index in [0.29, 0.717) is 16.9 Å². The van der Waals surface area contributed by atoms with Crippen LogP contribution in [0.1, 0.15) is 27.0 Å². The Morgan fingerprint density at radius 2 is 1.86 bits per heavy atom. The van der Waals surface area contributed by atoms with Gasteiger partial charge in [-0.1, -0.05) is 48.5 Å². The number of amides is 3. The summed E-state index contributed by atoms with van der Waals surface area (Å²) in [6.07, 6.45) is 1.44. The molecule has 4 rings (SSSR count). The van der Waals surface area contributed by atoms with Gasteiger partial charge in [-0.3, -0.25) is 9.69 Å². The van der Waals surface area contributed by atoms with E-state index >= 15 is 0 Å². The fourth-order valence-electron chi connectivity index (χ4n) is 3.57. The van der Waals surface area contributed by atoms with Gasteiger partial charge in [0.25, 0.3) is 5.91 Å². The summed E-state index contributed by atoms with van der Waals surface area (Å²) in [6.45, 7) is -0.206. The zero-order chi connectivity index (χ0) is 24.9. The zero-order valence-electron chi connectivity index (χ0n) is 18.6. The van der Waals surface area contributed by atoms with E-state index in [-0.39, 0.29) is 35.7 Å². The Hall–Kier alpha value is -4.66. The van der Waals surface area contributed by atoms with Gasteiger partial charge >= 0.3 is 6.03 Å². The first-order valence-corrected chi connectivity index (χ1v) is 10.6. The van der Waals surface area contributed by atoms with Gasteiger partial charge in [0.15, 0.2) is 11.5 Å². The summed E-state index contributed by atoms with van der Waals surface area (Å²) in [5.74, 6) is -1.78. The molecule has 1 heterocycles. The highest BCUT2D eigenvalue weighted by atomic mass is 19.1. The van der Waals surface area contributed by atoms with Crippen LogP contribution in [0.5, 0.6) is 11.5 Å². The molecule has 1 fully saturated rings. The van der Waals surface area contributed by atoms with Gasteiger partial charge < -0.3 is 24.7 Å². The summed E-state index contributed by atoms with van der Waals surface area (Å²) in [4.78, 5) is 37.4. The fourth-order valence-corrected chi connectivity index (χ4v) is 3.57. The van der Waals surface area contributed by atoms with Gasteiger partial charge in [-0.15, -0.1) is 0 Å². The molecule has 0 saturated carbocycles. The second-order valence-corrected chi connectivity index (χ2v) is 7.63. The Balaban J connectivity index is 1.59. The van der Waals surface area contributed by atoms with Gasteiger partial charge in [0, 0.05) is 11.1 Å². The third kappa shape index (κ3) is 5.14. The number of carboxylic acids is 1. The van der Waals surface area contributed by atoms with E-state index in [4.69, 9.17) is 9.47 Å². The number of benzene rings is 3. The number of carbonyl (C=O) groups excluding carboxylic acids is 3. The van der Waals surface area contributed by atoms with Crippen molar-refractivity contribution in [3.63, 3.8) is 0 Å². The molecule has 1 N–H and O–H groups in total. The number of methoxy groups -OCH3 is 1. The van der Waals surface area contributed by atoms with Gasteiger partial charge in [0.2, 0.25) is 0 Å². The van der Waals surface area contributed by atoms with Crippen LogP contribution in [0, 0.1) is 5.82 Å². The molecule has 35 heavy (non-hydrogen) atoms. The number of hydrogen-bond donors (Lipinski definition) is 1. The van der Waals surface area contributed by atoms with Crippen molar-refractivity contribution >= 4 is 24.0 Å². The van der Waals surface area contributed by atoms with Crippen LogP contribution < -0.4 is 19.9 Å². The number of urea groups is 1. The molecular formula is C26H20FN2O6-. The molecule has 3 aromatic carbocycles. The van der Waals surface area contributed by atoms with E-state index < -0.39 is 23.7 Å². The maximum atomic E-state index is 14.0. The van der Waals surface area contributed by atoms with E-state index in [1.807, 2.05) is 0 Å². The molecule has 0 aromatic heterocycles. The quantitative estimate of drug-likeness (QED) is 0.397. The molecule has 0 aliphatic carbocycles. The van der Waals surface area contributed by atoms with Crippen molar-refractivity contribution in [1.29, 1.82) is 0 Å². The number of hydrogen-bond acceptors (Lipinski definition) is 6. The summed E-state index contributed by atoms with van der Waals surface area (Å²) < 4.78 is 25.3. The molecule has 0 atom stereocenters. The van der Waals surface area contributed by atoms with Crippen LogP contribution in [0.2, 0.25) is 0 Å². The lowest BCUT2D eigenvalue weighted by atomic mass is 10.1. The minimum absolute atomic E-state index is 0.0107. The first kappa shape index (κ1) is 23.5. The average Bonchev–Trinajstić information content (AvgIpc) is 3.11. The van der Waals surface area contributed by atoms with E-state index in [0.717, 1.165) is 4.90 Å². The van der Waals surface area contributed by atoms with Crippen LogP contribution in [0.3, 0.4) is 0 Å². The molecule has 1 aliphatic rings. The van der Waals surface area contributed by atoms with Crippen LogP contribution in [-0.2, 0) is 17.9 Å². The number of carbonyl (C=O) groups is 3. The third-order valence-electron chi connectivity index (χ3n) is 5.32. The Kier molecular flexibility index (Phi) is 6.77. The fraction of sp³-hybridized carbons (Fsp3) is 0.115. The summed E-state index contributed by atoms with van der Waals surface area (Å²) in [6, 6.07) is 16.4. The van der Waals surface area contributed by atoms with E-state index in [9.17, 15) is 23.9 Å². The standard InChI is InChI=1S/C26H21FN2O6/c1-34-22-11-5-8-17(23(22)35-15-16-6-4-9-18(12-16)25(31)32)13-21-24(30)29(26(33)28-21)14-19-7-2-3-10-20(19)27/h2-13H,14-15H2,1H3,(H,28,33)(H,31,32)/p-1/b21-13+. The molecule has 9 heteroatoms. The Bertz CT molecular complexity index is 1340. The van der Waals surface area contributed by atoms with Crippen molar-refractivity contribution in [2.45, 2.75) is 13.2 Å². The van der Waals surface area contributed by atoms with Crippen LogP contribution in [0.15, 0.2) is 72.4 Å². The number of nitrogens with zero attached hydrogens (tertiary/aromatic N) is 1. The van der Waals surface area contributed by atoms with E-state index in [2.05, 4.69) is 5.32 Å². The second kappa shape index (κ2) is 10.1. The first-order chi connectivity index (χ1) is 16.9. The predicted octanol–water partition coefficient (Wildman–Crippen LogP) is 2.87.